The minimum absolute atomic E-state index is 0.644. The minimum Gasteiger partial charge on any atom is -0.493 e. The summed E-state index contributed by atoms with van der Waals surface area (Å²) in [5.41, 5.74) is 3.43. The first-order chi connectivity index (χ1) is 11.7. The van der Waals surface area contributed by atoms with Crippen LogP contribution in [-0.4, -0.2) is 40.3 Å². The Hall–Kier alpha value is -2.83. The quantitative estimate of drug-likeness (QED) is 0.731. The maximum Gasteiger partial charge on any atom is 0.254 e. The summed E-state index contributed by atoms with van der Waals surface area (Å²) in [5.74, 6) is 3.21. The molecule has 7 nitrogen and oxygen atoms in total. The zero-order valence-corrected chi connectivity index (χ0v) is 14.0. The lowest BCUT2D eigenvalue weighted by molar-refractivity contribution is 0.354. The molecule has 0 fully saturated rings. The van der Waals surface area contributed by atoms with Crippen molar-refractivity contribution in [2.45, 2.75) is 19.9 Å². The van der Waals surface area contributed by atoms with E-state index >= 15 is 0 Å². The van der Waals surface area contributed by atoms with E-state index in [2.05, 4.69) is 26.0 Å². The Morgan fingerprint density at radius 3 is 2.79 bits per heavy atom. The first-order valence-electron chi connectivity index (χ1n) is 7.86. The van der Waals surface area contributed by atoms with Gasteiger partial charge in [-0.15, -0.1) is 0 Å². The van der Waals surface area contributed by atoms with Gasteiger partial charge in [-0.25, -0.2) is 4.98 Å². The van der Waals surface area contributed by atoms with Crippen LogP contribution >= 0.6 is 0 Å². The van der Waals surface area contributed by atoms with Crippen LogP contribution in [0.1, 0.15) is 16.8 Å². The number of fused-ring (bicyclic) bond motifs is 3. The molecule has 0 unspecified atom stereocenters. The van der Waals surface area contributed by atoms with E-state index < -0.39 is 0 Å². The molecule has 0 saturated carbocycles. The van der Waals surface area contributed by atoms with Crippen molar-refractivity contribution in [2.75, 3.05) is 25.7 Å². The average Bonchev–Trinajstić information content (AvgIpc) is 3.21. The van der Waals surface area contributed by atoms with E-state index in [4.69, 9.17) is 9.47 Å². The molecule has 0 atom stereocenters. The third-order valence-corrected chi connectivity index (χ3v) is 4.46. The normalized spacial score (nSPS) is 13.4. The molecule has 0 aliphatic carbocycles. The lowest BCUT2D eigenvalue weighted by Gasteiger charge is -2.20. The van der Waals surface area contributed by atoms with Crippen LogP contribution in [0.5, 0.6) is 11.5 Å². The van der Waals surface area contributed by atoms with Gasteiger partial charge in [-0.05, 0) is 31.0 Å². The molecule has 3 heterocycles. The summed E-state index contributed by atoms with van der Waals surface area (Å²) < 4.78 is 12.5. The second-order valence-corrected chi connectivity index (χ2v) is 5.83. The van der Waals surface area contributed by atoms with Crippen LogP contribution in [-0.2, 0) is 13.0 Å². The topological polar surface area (TPSA) is 64.8 Å². The number of anilines is 1. The fourth-order valence-electron chi connectivity index (χ4n) is 3.29. The van der Waals surface area contributed by atoms with Gasteiger partial charge in [0.05, 0.1) is 14.2 Å². The van der Waals surface area contributed by atoms with Gasteiger partial charge in [-0.3, -0.25) is 0 Å². The predicted molar refractivity (Wildman–Crippen MR) is 89.8 cm³/mol. The Labute approximate surface area is 139 Å². The first-order valence-corrected chi connectivity index (χ1v) is 7.86. The number of nitrogens with zero attached hydrogens (tertiary/aromatic N) is 5. The van der Waals surface area contributed by atoms with Gasteiger partial charge in [0, 0.05) is 24.3 Å². The van der Waals surface area contributed by atoms with Crippen LogP contribution in [0.2, 0.25) is 0 Å². The van der Waals surface area contributed by atoms with Crippen molar-refractivity contribution in [2.24, 2.45) is 0 Å². The second kappa shape index (κ2) is 5.67. The number of rotatable bonds is 4. The van der Waals surface area contributed by atoms with Gasteiger partial charge in [-0.2, -0.15) is 14.6 Å². The van der Waals surface area contributed by atoms with Gasteiger partial charge < -0.3 is 14.4 Å². The molecule has 1 aliphatic rings. The summed E-state index contributed by atoms with van der Waals surface area (Å²) in [4.78, 5) is 11.1. The number of hydrogen-bond donors (Lipinski definition) is 0. The van der Waals surface area contributed by atoms with Crippen LogP contribution in [0.4, 0.5) is 5.82 Å². The van der Waals surface area contributed by atoms with E-state index in [0.29, 0.717) is 5.78 Å². The highest BCUT2D eigenvalue weighted by atomic mass is 16.5. The van der Waals surface area contributed by atoms with Gasteiger partial charge in [0.2, 0.25) is 0 Å². The van der Waals surface area contributed by atoms with Gasteiger partial charge in [0.25, 0.3) is 5.78 Å². The molecule has 24 heavy (non-hydrogen) atoms. The highest BCUT2D eigenvalue weighted by molar-refractivity contribution is 5.59. The molecule has 0 radical (unpaired) electrons. The summed E-state index contributed by atoms with van der Waals surface area (Å²) in [6, 6.07) is 6.02. The van der Waals surface area contributed by atoms with Gasteiger partial charge in [0.1, 0.15) is 12.1 Å². The van der Waals surface area contributed by atoms with Crippen LogP contribution in [0.15, 0.2) is 24.5 Å². The summed E-state index contributed by atoms with van der Waals surface area (Å²) in [6.07, 6.45) is 2.52. The van der Waals surface area contributed by atoms with Crippen molar-refractivity contribution < 1.29 is 9.47 Å². The molecule has 0 amide bonds. The summed E-state index contributed by atoms with van der Waals surface area (Å²) in [5, 5.41) is 4.34. The maximum atomic E-state index is 5.41. The molecule has 7 heteroatoms. The lowest BCUT2D eigenvalue weighted by Crippen LogP contribution is -2.22. The van der Waals surface area contributed by atoms with Crippen molar-refractivity contribution >= 4 is 11.6 Å². The maximum absolute atomic E-state index is 5.41. The Morgan fingerprint density at radius 2 is 2.00 bits per heavy atom. The summed E-state index contributed by atoms with van der Waals surface area (Å²) in [6.45, 7) is 3.74. The monoisotopic (exact) mass is 325 g/mol. The molecule has 4 rings (SSSR count). The SMILES string of the molecule is COc1ccc(CN2CCc3c(C)nc4ncnn4c32)cc1OC. The molecule has 2 aromatic heterocycles. The molecule has 3 aromatic rings. The second-order valence-electron chi connectivity index (χ2n) is 5.83. The summed E-state index contributed by atoms with van der Waals surface area (Å²) >= 11 is 0. The van der Waals surface area contributed by atoms with Crippen molar-refractivity contribution in [3.8, 4) is 11.5 Å². The molecule has 0 N–H and O–H groups in total. The number of aromatic nitrogens is 4. The van der Waals surface area contributed by atoms with Crippen LogP contribution in [0.3, 0.4) is 0 Å². The zero-order chi connectivity index (χ0) is 16.7. The summed E-state index contributed by atoms with van der Waals surface area (Å²) in [7, 11) is 3.30. The number of hydrogen-bond acceptors (Lipinski definition) is 6. The smallest absolute Gasteiger partial charge is 0.254 e. The average molecular weight is 325 g/mol. The van der Waals surface area contributed by atoms with Gasteiger partial charge >= 0.3 is 0 Å². The predicted octanol–water partition coefficient (Wildman–Crippen LogP) is 2.01. The number of ether oxygens (including phenoxy) is 2. The van der Waals surface area contributed by atoms with E-state index in [1.807, 2.05) is 23.6 Å². The fraction of sp³-hybridized carbons (Fsp3) is 0.353. The Balaban J connectivity index is 1.72. The Morgan fingerprint density at radius 1 is 1.17 bits per heavy atom. The fourth-order valence-corrected chi connectivity index (χ4v) is 3.29. The Bertz CT molecular complexity index is 905. The largest absolute Gasteiger partial charge is 0.493 e. The molecule has 0 bridgehead atoms. The van der Waals surface area contributed by atoms with Gasteiger partial charge in [-0.1, -0.05) is 6.07 Å². The van der Waals surface area contributed by atoms with Crippen molar-refractivity contribution in [1.29, 1.82) is 0 Å². The number of aryl methyl sites for hydroxylation is 1. The number of methoxy groups -OCH3 is 2. The molecule has 124 valence electrons. The highest BCUT2D eigenvalue weighted by Crippen LogP contribution is 2.33. The molecular weight excluding hydrogens is 306 g/mol. The molecule has 1 aromatic carbocycles. The third kappa shape index (κ3) is 2.24. The third-order valence-electron chi connectivity index (χ3n) is 4.46. The van der Waals surface area contributed by atoms with Crippen molar-refractivity contribution in [3.05, 3.63) is 41.3 Å². The minimum atomic E-state index is 0.644. The number of benzene rings is 1. The highest BCUT2D eigenvalue weighted by Gasteiger charge is 2.26. The van der Waals surface area contributed by atoms with Crippen LogP contribution in [0, 0.1) is 6.92 Å². The molecule has 0 spiro atoms. The van der Waals surface area contributed by atoms with E-state index in [1.165, 1.54) is 5.56 Å². The van der Waals surface area contributed by atoms with E-state index in [-0.39, 0.29) is 0 Å². The molecule has 1 aliphatic heterocycles. The Kier molecular flexibility index (Phi) is 3.48. The van der Waals surface area contributed by atoms with E-state index in [0.717, 1.165) is 48.1 Å². The zero-order valence-electron chi connectivity index (χ0n) is 14.0. The van der Waals surface area contributed by atoms with Crippen molar-refractivity contribution in [1.82, 2.24) is 19.6 Å². The molecule has 0 saturated heterocycles. The molecular formula is C17H19N5O2. The van der Waals surface area contributed by atoms with E-state index in [1.54, 1.807) is 20.5 Å². The standard InChI is InChI=1S/C17H19N5O2/c1-11-13-6-7-21(16(13)22-17(20-11)18-10-19-22)9-12-4-5-14(23-2)15(8-12)24-3/h4-5,8,10H,6-7,9H2,1-3H3. The first kappa shape index (κ1) is 14.7. The van der Waals surface area contributed by atoms with Crippen LogP contribution in [0.25, 0.3) is 5.78 Å². The van der Waals surface area contributed by atoms with Crippen molar-refractivity contribution in [3.63, 3.8) is 0 Å². The lowest BCUT2D eigenvalue weighted by atomic mass is 10.2. The van der Waals surface area contributed by atoms with Crippen LogP contribution < -0.4 is 14.4 Å². The van der Waals surface area contributed by atoms with E-state index in [9.17, 15) is 0 Å². The van der Waals surface area contributed by atoms with Gasteiger partial charge in [0.15, 0.2) is 11.5 Å².